The minimum atomic E-state index is -4.40. The summed E-state index contributed by atoms with van der Waals surface area (Å²) in [6, 6.07) is 9.16. The fourth-order valence-corrected chi connectivity index (χ4v) is 4.23. The zero-order chi connectivity index (χ0) is 20.0. The number of aromatic nitrogens is 3. The predicted molar refractivity (Wildman–Crippen MR) is 101 cm³/mol. The molecule has 2 unspecified atom stereocenters. The molecule has 1 N–H and O–H groups in total. The molecule has 3 fully saturated rings. The quantitative estimate of drug-likeness (QED) is 0.689. The number of anilines is 1. The van der Waals surface area contributed by atoms with Crippen molar-refractivity contribution in [2.75, 3.05) is 5.32 Å². The van der Waals surface area contributed by atoms with Crippen LogP contribution in [0.1, 0.15) is 42.1 Å². The van der Waals surface area contributed by atoms with E-state index < -0.39 is 11.7 Å². The summed E-state index contributed by atoms with van der Waals surface area (Å²) in [6.07, 6.45) is 0.595. The highest BCUT2D eigenvalue weighted by Gasteiger charge is 2.41. The molecule has 0 amide bonds. The van der Waals surface area contributed by atoms with E-state index in [4.69, 9.17) is 4.74 Å². The molecule has 8 heteroatoms. The lowest BCUT2D eigenvalue weighted by atomic mass is 9.80. The van der Waals surface area contributed by atoms with Crippen molar-refractivity contribution in [2.45, 2.75) is 50.1 Å². The van der Waals surface area contributed by atoms with Crippen LogP contribution in [0.5, 0.6) is 0 Å². The first-order chi connectivity index (χ1) is 14.0. The molecule has 3 aromatic rings. The van der Waals surface area contributed by atoms with Crippen molar-refractivity contribution in [3.8, 4) is 0 Å². The number of nitrogens with zero attached hydrogens (tertiary/aromatic N) is 3. The van der Waals surface area contributed by atoms with E-state index in [1.165, 1.54) is 12.1 Å². The van der Waals surface area contributed by atoms with Crippen molar-refractivity contribution in [3.63, 3.8) is 0 Å². The molecular formula is C21H19F3N4O. The van der Waals surface area contributed by atoms with E-state index in [9.17, 15) is 13.2 Å². The second-order valence-electron chi connectivity index (χ2n) is 7.60. The lowest BCUT2D eigenvalue weighted by molar-refractivity contribution is -0.163. The Kier molecular flexibility index (Phi) is 4.38. The standard InChI is InChI=1S/C21H19F3N4O/c22-21(23,24)17-6-2-1-4-12(17)11-26-20-16-5-3-7-25-19(16)27-18(28-20)13-8-14-10-15(9-13)29-14/h1-7,13-15H,8-11H2,(H,25,26,27,28). The molecule has 2 saturated heterocycles. The molecule has 0 radical (unpaired) electrons. The molecule has 1 aliphatic carbocycles. The van der Waals surface area contributed by atoms with Crippen LogP contribution in [0.15, 0.2) is 42.6 Å². The van der Waals surface area contributed by atoms with Crippen molar-refractivity contribution in [1.29, 1.82) is 0 Å². The normalized spacial score (nSPS) is 23.6. The van der Waals surface area contributed by atoms with Gasteiger partial charge in [-0.05, 0) is 43.0 Å². The Balaban J connectivity index is 1.47. The van der Waals surface area contributed by atoms with Crippen LogP contribution in [0.3, 0.4) is 0 Å². The van der Waals surface area contributed by atoms with Gasteiger partial charge in [0.05, 0.1) is 23.2 Å². The van der Waals surface area contributed by atoms with E-state index in [2.05, 4.69) is 20.3 Å². The Morgan fingerprint density at radius 3 is 2.52 bits per heavy atom. The smallest absolute Gasteiger partial charge is 0.375 e. The Morgan fingerprint density at radius 1 is 1.00 bits per heavy atom. The lowest BCUT2D eigenvalue weighted by Crippen LogP contribution is -2.44. The zero-order valence-electron chi connectivity index (χ0n) is 15.5. The van der Waals surface area contributed by atoms with Crippen LogP contribution in [0, 0.1) is 0 Å². The predicted octanol–water partition coefficient (Wildman–Crippen LogP) is 4.69. The zero-order valence-corrected chi connectivity index (χ0v) is 15.5. The summed E-state index contributed by atoms with van der Waals surface area (Å²) in [5, 5.41) is 3.79. The van der Waals surface area contributed by atoms with Crippen LogP contribution in [-0.4, -0.2) is 27.2 Å². The minimum Gasteiger partial charge on any atom is -0.375 e. The largest absolute Gasteiger partial charge is 0.416 e. The third kappa shape index (κ3) is 3.53. The molecule has 5 nitrogen and oxygen atoms in total. The monoisotopic (exact) mass is 400 g/mol. The molecule has 2 aliphatic heterocycles. The van der Waals surface area contributed by atoms with Gasteiger partial charge in [0.15, 0.2) is 5.65 Å². The third-order valence-corrected chi connectivity index (χ3v) is 5.63. The van der Waals surface area contributed by atoms with Gasteiger partial charge in [-0.3, -0.25) is 0 Å². The number of rotatable bonds is 4. The van der Waals surface area contributed by atoms with Crippen LogP contribution >= 0.6 is 0 Å². The number of hydrogen-bond acceptors (Lipinski definition) is 5. The number of fused-ring (bicyclic) bond motifs is 3. The number of nitrogens with one attached hydrogen (secondary N) is 1. The second kappa shape index (κ2) is 6.95. The molecule has 3 aliphatic rings. The van der Waals surface area contributed by atoms with Gasteiger partial charge in [-0.25, -0.2) is 15.0 Å². The molecule has 4 heterocycles. The summed E-state index contributed by atoms with van der Waals surface area (Å²) in [5.74, 6) is 1.37. The van der Waals surface area contributed by atoms with Crippen LogP contribution < -0.4 is 5.32 Å². The first-order valence-electron chi connectivity index (χ1n) is 9.64. The first-order valence-corrected chi connectivity index (χ1v) is 9.64. The van der Waals surface area contributed by atoms with Crippen LogP contribution in [0.25, 0.3) is 11.0 Å². The molecule has 1 aromatic carbocycles. The van der Waals surface area contributed by atoms with E-state index >= 15 is 0 Å². The number of halogens is 3. The van der Waals surface area contributed by atoms with Crippen LogP contribution in [0.2, 0.25) is 0 Å². The van der Waals surface area contributed by atoms with Gasteiger partial charge in [0, 0.05) is 18.7 Å². The van der Waals surface area contributed by atoms with E-state index in [-0.39, 0.29) is 30.2 Å². The minimum absolute atomic E-state index is 0.00909. The van der Waals surface area contributed by atoms with E-state index in [0.29, 0.717) is 22.7 Å². The summed E-state index contributed by atoms with van der Waals surface area (Å²) in [6.45, 7) is 0.00909. The van der Waals surface area contributed by atoms with Gasteiger partial charge < -0.3 is 10.1 Å². The second-order valence-corrected chi connectivity index (χ2v) is 7.60. The van der Waals surface area contributed by atoms with Gasteiger partial charge in [-0.15, -0.1) is 0 Å². The highest BCUT2D eigenvalue weighted by atomic mass is 19.4. The fraction of sp³-hybridized carbons (Fsp3) is 0.381. The average Bonchev–Trinajstić information content (AvgIpc) is 2.71. The number of alkyl halides is 3. The number of ether oxygens (including phenoxy) is 1. The molecule has 0 spiro atoms. The fourth-order valence-electron chi connectivity index (χ4n) is 4.23. The van der Waals surface area contributed by atoms with E-state index in [1.54, 1.807) is 18.3 Å². The SMILES string of the molecule is FC(F)(F)c1ccccc1CNc1nc(C2CC3CC(C2)O3)nc2ncccc12. The topological polar surface area (TPSA) is 59.9 Å². The Morgan fingerprint density at radius 2 is 1.76 bits per heavy atom. The lowest BCUT2D eigenvalue weighted by Gasteiger charge is -2.44. The summed E-state index contributed by atoms with van der Waals surface area (Å²) in [5.41, 5.74) is 0.0718. The summed E-state index contributed by atoms with van der Waals surface area (Å²) in [7, 11) is 0. The number of benzene rings is 1. The Bertz CT molecular complexity index is 1040. The van der Waals surface area contributed by atoms with Gasteiger partial charge in [-0.2, -0.15) is 13.2 Å². The molecule has 2 aromatic heterocycles. The maximum Gasteiger partial charge on any atom is 0.416 e. The van der Waals surface area contributed by atoms with Crippen molar-refractivity contribution < 1.29 is 17.9 Å². The van der Waals surface area contributed by atoms with E-state index in [1.807, 2.05) is 6.07 Å². The molecule has 6 rings (SSSR count). The van der Waals surface area contributed by atoms with Crippen molar-refractivity contribution in [3.05, 3.63) is 59.5 Å². The number of hydrogen-bond donors (Lipinski definition) is 1. The number of pyridine rings is 1. The maximum atomic E-state index is 13.3. The molecule has 2 bridgehead atoms. The summed E-state index contributed by atoms with van der Waals surface area (Å²) < 4.78 is 45.6. The van der Waals surface area contributed by atoms with Crippen molar-refractivity contribution in [2.24, 2.45) is 0 Å². The highest BCUT2D eigenvalue weighted by Crippen LogP contribution is 2.42. The van der Waals surface area contributed by atoms with Gasteiger partial charge >= 0.3 is 6.18 Å². The van der Waals surface area contributed by atoms with Crippen LogP contribution in [0.4, 0.5) is 19.0 Å². The molecular weight excluding hydrogens is 381 g/mol. The highest BCUT2D eigenvalue weighted by molar-refractivity contribution is 5.86. The first kappa shape index (κ1) is 18.3. The Labute approximate surface area is 165 Å². The average molecular weight is 400 g/mol. The van der Waals surface area contributed by atoms with Gasteiger partial charge in [0.2, 0.25) is 0 Å². The van der Waals surface area contributed by atoms with Crippen LogP contribution in [-0.2, 0) is 17.5 Å². The van der Waals surface area contributed by atoms with Crippen molar-refractivity contribution in [1.82, 2.24) is 15.0 Å². The van der Waals surface area contributed by atoms with Gasteiger partial charge in [-0.1, -0.05) is 18.2 Å². The summed E-state index contributed by atoms with van der Waals surface area (Å²) in [4.78, 5) is 13.7. The van der Waals surface area contributed by atoms with Gasteiger partial charge in [0.1, 0.15) is 11.6 Å². The molecule has 2 atom stereocenters. The summed E-state index contributed by atoms with van der Waals surface area (Å²) >= 11 is 0. The Hall–Kier alpha value is -2.74. The maximum absolute atomic E-state index is 13.3. The molecule has 1 saturated carbocycles. The molecule has 29 heavy (non-hydrogen) atoms. The van der Waals surface area contributed by atoms with Gasteiger partial charge in [0.25, 0.3) is 0 Å². The molecule has 150 valence electrons. The third-order valence-electron chi connectivity index (χ3n) is 5.63. The van der Waals surface area contributed by atoms with E-state index in [0.717, 1.165) is 25.3 Å². The van der Waals surface area contributed by atoms with Crippen molar-refractivity contribution >= 4 is 16.9 Å².